The molecular formula is C10H10O3. The highest BCUT2D eigenvalue weighted by atomic mass is 16.4. The molecule has 0 aliphatic rings. The molecule has 0 aromatic heterocycles. The van der Waals surface area contributed by atoms with E-state index in [1.807, 2.05) is 18.2 Å². The summed E-state index contributed by atoms with van der Waals surface area (Å²) in [5, 5.41) is 8.34. The summed E-state index contributed by atoms with van der Waals surface area (Å²) < 4.78 is 0. The first-order valence-electron chi connectivity index (χ1n) is 3.96. The van der Waals surface area contributed by atoms with Crippen LogP contribution in [0.2, 0.25) is 0 Å². The largest absolute Gasteiger partial charge is 0.481 e. The third kappa shape index (κ3) is 3.51. The van der Waals surface area contributed by atoms with Crippen molar-refractivity contribution in [1.29, 1.82) is 0 Å². The van der Waals surface area contributed by atoms with Crippen LogP contribution in [0.15, 0.2) is 30.3 Å². The monoisotopic (exact) mass is 178 g/mol. The Labute approximate surface area is 76.0 Å². The Bertz CT molecular complexity index is 303. The number of rotatable bonds is 4. The van der Waals surface area contributed by atoms with Gasteiger partial charge in [0.05, 0.1) is 0 Å². The summed E-state index contributed by atoms with van der Waals surface area (Å²) in [5.41, 5.74) is 0.855. The summed E-state index contributed by atoms with van der Waals surface area (Å²) >= 11 is 0. The van der Waals surface area contributed by atoms with Crippen LogP contribution in [0.1, 0.15) is 12.0 Å². The average molecular weight is 178 g/mol. The van der Waals surface area contributed by atoms with Gasteiger partial charge in [-0.3, -0.25) is 9.59 Å². The Morgan fingerprint density at radius 3 is 2.31 bits per heavy atom. The molecule has 1 N–H and O–H groups in total. The van der Waals surface area contributed by atoms with Gasteiger partial charge >= 0.3 is 5.97 Å². The van der Waals surface area contributed by atoms with Gasteiger partial charge in [0.1, 0.15) is 12.2 Å². The first-order chi connectivity index (χ1) is 6.18. The number of carbonyl (C=O) groups is 2. The van der Waals surface area contributed by atoms with Gasteiger partial charge in [-0.25, -0.2) is 0 Å². The van der Waals surface area contributed by atoms with Crippen LogP contribution < -0.4 is 0 Å². The number of Topliss-reactive ketones (excluding diaryl/α,β-unsaturated/α-hetero) is 1. The molecule has 0 saturated heterocycles. The SMILES string of the molecule is O=C(O)CC(=O)Cc1ccccc1. The predicted octanol–water partition coefficient (Wildman–Crippen LogP) is 1.27. The minimum Gasteiger partial charge on any atom is -0.481 e. The summed E-state index contributed by atoms with van der Waals surface area (Å²) in [6.07, 6.45) is -0.192. The minimum absolute atomic E-state index is 0.202. The summed E-state index contributed by atoms with van der Waals surface area (Å²) in [4.78, 5) is 21.2. The van der Waals surface area contributed by atoms with Gasteiger partial charge in [0.25, 0.3) is 0 Å². The van der Waals surface area contributed by atoms with Gasteiger partial charge in [0, 0.05) is 6.42 Å². The van der Waals surface area contributed by atoms with Gasteiger partial charge in [-0.15, -0.1) is 0 Å². The summed E-state index contributed by atoms with van der Waals surface area (Å²) in [5.74, 6) is -1.33. The molecule has 3 nitrogen and oxygen atoms in total. The normalized spacial score (nSPS) is 9.54. The third-order valence-corrected chi connectivity index (χ3v) is 1.59. The highest BCUT2D eigenvalue weighted by molar-refractivity contribution is 5.95. The fourth-order valence-electron chi connectivity index (χ4n) is 1.05. The Morgan fingerprint density at radius 2 is 1.77 bits per heavy atom. The number of hydrogen-bond acceptors (Lipinski definition) is 2. The van der Waals surface area contributed by atoms with Crippen molar-refractivity contribution in [1.82, 2.24) is 0 Å². The Kier molecular flexibility index (Phi) is 3.20. The van der Waals surface area contributed by atoms with Crippen LogP contribution in [0.25, 0.3) is 0 Å². The highest BCUT2D eigenvalue weighted by Gasteiger charge is 2.07. The molecule has 13 heavy (non-hydrogen) atoms. The fraction of sp³-hybridized carbons (Fsp3) is 0.200. The van der Waals surface area contributed by atoms with E-state index >= 15 is 0 Å². The van der Waals surface area contributed by atoms with E-state index in [4.69, 9.17) is 5.11 Å². The van der Waals surface area contributed by atoms with Crippen molar-refractivity contribution < 1.29 is 14.7 Å². The molecule has 1 aromatic rings. The average Bonchev–Trinajstić information content (AvgIpc) is 2.04. The van der Waals surface area contributed by atoms with Crippen molar-refractivity contribution >= 4 is 11.8 Å². The molecule has 0 aliphatic carbocycles. The van der Waals surface area contributed by atoms with E-state index in [1.54, 1.807) is 12.1 Å². The van der Waals surface area contributed by atoms with E-state index in [9.17, 15) is 9.59 Å². The summed E-state index contributed by atoms with van der Waals surface area (Å²) in [7, 11) is 0. The van der Waals surface area contributed by atoms with E-state index in [1.165, 1.54) is 0 Å². The maximum atomic E-state index is 11.0. The zero-order chi connectivity index (χ0) is 9.68. The second-order valence-corrected chi connectivity index (χ2v) is 2.77. The van der Waals surface area contributed by atoms with Crippen LogP contribution in [-0.4, -0.2) is 16.9 Å². The molecule has 68 valence electrons. The van der Waals surface area contributed by atoms with Crippen LogP contribution in [0.3, 0.4) is 0 Å². The number of carboxylic acid groups (broad SMARTS) is 1. The molecule has 3 heteroatoms. The molecule has 1 aromatic carbocycles. The smallest absolute Gasteiger partial charge is 0.310 e. The number of carbonyl (C=O) groups excluding carboxylic acids is 1. The molecule has 0 aliphatic heterocycles. The fourth-order valence-corrected chi connectivity index (χ4v) is 1.05. The number of hydrogen-bond donors (Lipinski definition) is 1. The Morgan fingerprint density at radius 1 is 1.15 bits per heavy atom. The van der Waals surface area contributed by atoms with E-state index in [0.717, 1.165) is 5.56 Å². The second-order valence-electron chi connectivity index (χ2n) is 2.77. The molecular weight excluding hydrogens is 168 g/mol. The first-order valence-corrected chi connectivity index (χ1v) is 3.96. The van der Waals surface area contributed by atoms with E-state index in [0.29, 0.717) is 0 Å². The van der Waals surface area contributed by atoms with Crippen LogP contribution >= 0.6 is 0 Å². The van der Waals surface area contributed by atoms with Gasteiger partial charge in [0.15, 0.2) is 0 Å². The topological polar surface area (TPSA) is 54.4 Å². The number of carboxylic acids is 1. The van der Waals surface area contributed by atoms with Crippen LogP contribution in [0, 0.1) is 0 Å². The van der Waals surface area contributed by atoms with Gasteiger partial charge in [-0.05, 0) is 5.56 Å². The number of benzene rings is 1. The van der Waals surface area contributed by atoms with Crippen LogP contribution in [0.4, 0.5) is 0 Å². The van der Waals surface area contributed by atoms with Crippen molar-refractivity contribution in [3.63, 3.8) is 0 Å². The van der Waals surface area contributed by atoms with Crippen molar-refractivity contribution in [2.45, 2.75) is 12.8 Å². The molecule has 0 amide bonds. The second kappa shape index (κ2) is 4.40. The molecule has 0 unspecified atom stereocenters. The van der Waals surface area contributed by atoms with Crippen molar-refractivity contribution in [3.8, 4) is 0 Å². The molecule has 0 bridgehead atoms. The van der Waals surface area contributed by atoms with Gasteiger partial charge in [0.2, 0.25) is 0 Å². The predicted molar refractivity (Wildman–Crippen MR) is 47.4 cm³/mol. The molecule has 0 heterocycles. The molecule has 0 radical (unpaired) electrons. The molecule has 1 rings (SSSR count). The van der Waals surface area contributed by atoms with Crippen LogP contribution in [0.5, 0.6) is 0 Å². The lowest BCUT2D eigenvalue weighted by Crippen LogP contribution is -2.08. The summed E-state index contributed by atoms with van der Waals surface area (Å²) in [6, 6.07) is 9.11. The lowest BCUT2D eigenvalue weighted by molar-refractivity contribution is -0.140. The zero-order valence-corrected chi connectivity index (χ0v) is 7.06. The van der Waals surface area contributed by atoms with Crippen LogP contribution in [-0.2, 0) is 16.0 Å². The van der Waals surface area contributed by atoms with Crippen molar-refractivity contribution in [3.05, 3.63) is 35.9 Å². The van der Waals surface area contributed by atoms with E-state index in [-0.39, 0.29) is 12.2 Å². The van der Waals surface area contributed by atoms with E-state index in [2.05, 4.69) is 0 Å². The zero-order valence-electron chi connectivity index (χ0n) is 7.06. The van der Waals surface area contributed by atoms with Crippen molar-refractivity contribution in [2.24, 2.45) is 0 Å². The lowest BCUT2D eigenvalue weighted by atomic mass is 10.1. The molecule has 0 saturated carbocycles. The molecule has 0 fully saturated rings. The lowest BCUT2D eigenvalue weighted by Gasteiger charge is -1.97. The standard InChI is InChI=1S/C10H10O3/c11-9(7-10(12)13)6-8-4-2-1-3-5-8/h1-5H,6-7H2,(H,12,13). The molecule has 0 spiro atoms. The maximum absolute atomic E-state index is 11.0. The Balaban J connectivity index is 2.50. The van der Waals surface area contributed by atoms with Gasteiger partial charge < -0.3 is 5.11 Å². The molecule has 0 atom stereocenters. The van der Waals surface area contributed by atoms with Crippen molar-refractivity contribution in [2.75, 3.05) is 0 Å². The number of aliphatic carboxylic acids is 1. The van der Waals surface area contributed by atoms with Gasteiger partial charge in [-0.2, -0.15) is 0 Å². The number of ketones is 1. The third-order valence-electron chi connectivity index (χ3n) is 1.59. The first kappa shape index (κ1) is 9.45. The quantitative estimate of drug-likeness (QED) is 0.706. The maximum Gasteiger partial charge on any atom is 0.310 e. The van der Waals surface area contributed by atoms with Gasteiger partial charge in [-0.1, -0.05) is 30.3 Å². The minimum atomic E-state index is -1.07. The highest BCUT2D eigenvalue weighted by Crippen LogP contribution is 2.01. The summed E-state index contributed by atoms with van der Waals surface area (Å²) in [6.45, 7) is 0. The van der Waals surface area contributed by atoms with E-state index < -0.39 is 12.4 Å². The Hall–Kier alpha value is -1.64.